The van der Waals surface area contributed by atoms with Crippen LogP contribution in [0.5, 0.6) is 0 Å². The third-order valence-corrected chi connectivity index (χ3v) is 3.94. The van der Waals surface area contributed by atoms with E-state index in [-0.39, 0.29) is 6.61 Å². The van der Waals surface area contributed by atoms with E-state index in [1.165, 1.54) is 0 Å². The van der Waals surface area contributed by atoms with Gasteiger partial charge in [-0.3, -0.25) is 0 Å². The molecule has 0 aromatic carbocycles. The maximum absolute atomic E-state index is 12.0. The zero-order chi connectivity index (χ0) is 16.9. The number of pyridine rings is 1. The highest BCUT2D eigenvalue weighted by Crippen LogP contribution is 2.31. The Balaban J connectivity index is 2.18. The fourth-order valence-electron chi connectivity index (χ4n) is 2.36. The van der Waals surface area contributed by atoms with Gasteiger partial charge in [0.2, 0.25) is 0 Å². The SMILES string of the molecule is CC(C)(C)OC(=O)COC1(c2cccnc2Br)CNCCOC1. The van der Waals surface area contributed by atoms with Crippen LogP contribution in [-0.2, 0) is 24.6 Å². The van der Waals surface area contributed by atoms with E-state index in [9.17, 15) is 4.79 Å². The van der Waals surface area contributed by atoms with Crippen LogP contribution in [0, 0.1) is 0 Å². The molecular formula is C16H23BrN2O4. The second-order valence-corrected chi connectivity index (χ2v) is 7.19. The summed E-state index contributed by atoms with van der Waals surface area (Å²) in [5, 5.41) is 3.29. The molecule has 6 nitrogen and oxygen atoms in total. The van der Waals surface area contributed by atoms with E-state index in [1.54, 1.807) is 6.20 Å². The van der Waals surface area contributed by atoms with Gasteiger partial charge in [-0.25, -0.2) is 9.78 Å². The molecule has 1 N–H and O–H groups in total. The summed E-state index contributed by atoms with van der Waals surface area (Å²) in [6.07, 6.45) is 1.69. The Morgan fingerprint density at radius 3 is 3.00 bits per heavy atom. The van der Waals surface area contributed by atoms with Crippen molar-refractivity contribution < 1.29 is 19.0 Å². The highest BCUT2D eigenvalue weighted by Gasteiger charge is 2.38. The van der Waals surface area contributed by atoms with Crippen molar-refractivity contribution in [2.75, 3.05) is 32.9 Å². The Hall–Kier alpha value is -1.02. The summed E-state index contributed by atoms with van der Waals surface area (Å²) in [6, 6.07) is 3.76. The number of hydrogen-bond acceptors (Lipinski definition) is 6. The number of esters is 1. The summed E-state index contributed by atoms with van der Waals surface area (Å²) in [4.78, 5) is 16.3. The van der Waals surface area contributed by atoms with E-state index < -0.39 is 17.2 Å². The Kier molecular flexibility index (Phi) is 6.13. The van der Waals surface area contributed by atoms with Gasteiger partial charge in [0.1, 0.15) is 22.4 Å². The smallest absolute Gasteiger partial charge is 0.332 e. The first-order valence-electron chi connectivity index (χ1n) is 7.58. The third-order valence-electron chi connectivity index (χ3n) is 3.31. The number of ether oxygens (including phenoxy) is 3. The number of nitrogens with zero attached hydrogens (tertiary/aromatic N) is 1. The third kappa shape index (κ3) is 5.24. The molecule has 0 spiro atoms. The number of halogens is 1. The summed E-state index contributed by atoms with van der Waals surface area (Å²) >= 11 is 3.46. The van der Waals surface area contributed by atoms with Gasteiger partial charge in [0.05, 0.1) is 13.2 Å². The predicted molar refractivity (Wildman–Crippen MR) is 89.1 cm³/mol. The Bertz CT molecular complexity index is 537. The van der Waals surface area contributed by atoms with Gasteiger partial charge in [-0.05, 0) is 42.8 Å². The normalized spacial score (nSPS) is 22.4. The maximum atomic E-state index is 12.0. The molecule has 1 aliphatic rings. The van der Waals surface area contributed by atoms with Crippen molar-refractivity contribution in [3.05, 3.63) is 28.5 Å². The molecule has 1 aliphatic heterocycles. The van der Waals surface area contributed by atoms with Gasteiger partial charge >= 0.3 is 5.97 Å². The van der Waals surface area contributed by atoms with Crippen LogP contribution < -0.4 is 5.32 Å². The molecular weight excluding hydrogens is 364 g/mol. The summed E-state index contributed by atoms with van der Waals surface area (Å²) < 4.78 is 17.7. The molecule has 1 aromatic heterocycles. The lowest BCUT2D eigenvalue weighted by Crippen LogP contribution is -2.44. The zero-order valence-electron chi connectivity index (χ0n) is 13.7. The van der Waals surface area contributed by atoms with E-state index in [2.05, 4.69) is 26.2 Å². The lowest BCUT2D eigenvalue weighted by Gasteiger charge is -2.33. The molecule has 1 saturated heterocycles. The number of carbonyl (C=O) groups is 1. The number of carbonyl (C=O) groups excluding carboxylic acids is 1. The summed E-state index contributed by atoms with van der Waals surface area (Å²) in [7, 11) is 0. The minimum Gasteiger partial charge on any atom is -0.458 e. The van der Waals surface area contributed by atoms with Crippen molar-refractivity contribution in [3.63, 3.8) is 0 Å². The molecule has 7 heteroatoms. The molecule has 1 unspecified atom stereocenters. The van der Waals surface area contributed by atoms with Gasteiger partial charge in [-0.2, -0.15) is 0 Å². The molecule has 0 saturated carbocycles. The van der Waals surface area contributed by atoms with Gasteiger partial charge in [0, 0.05) is 24.8 Å². The van der Waals surface area contributed by atoms with Crippen LogP contribution in [0.3, 0.4) is 0 Å². The van der Waals surface area contributed by atoms with Crippen molar-refractivity contribution in [2.24, 2.45) is 0 Å². The topological polar surface area (TPSA) is 69.7 Å². The predicted octanol–water partition coefficient (Wildman–Crippen LogP) is 2.02. The molecule has 0 amide bonds. The second kappa shape index (κ2) is 7.70. The first-order chi connectivity index (χ1) is 10.8. The average molecular weight is 387 g/mol. The minimum atomic E-state index is -0.791. The Labute approximate surface area is 145 Å². The van der Waals surface area contributed by atoms with Crippen LogP contribution >= 0.6 is 15.9 Å². The molecule has 23 heavy (non-hydrogen) atoms. The molecule has 1 atom stereocenters. The van der Waals surface area contributed by atoms with E-state index >= 15 is 0 Å². The molecule has 0 bridgehead atoms. The van der Waals surface area contributed by atoms with E-state index in [4.69, 9.17) is 14.2 Å². The van der Waals surface area contributed by atoms with Crippen molar-refractivity contribution in [2.45, 2.75) is 32.0 Å². The number of hydrogen-bond donors (Lipinski definition) is 1. The number of nitrogens with one attached hydrogen (secondary N) is 1. The van der Waals surface area contributed by atoms with Crippen molar-refractivity contribution in [1.82, 2.24) is 10.3 Å². The molecule has 0 radical (unpaired) electrons. The van der Waals surface area contributed by atoms with Crippen LogP contribution in [0.25, 0.3) is 0 Å². The van der Waals surface area contributed by atoms with Crippen LogP contribution in [0.4, 0.5) is 0 Å². The van der Waals surface area contributed by atoms with Gasteiger partial charge in [-0.15, -0.1) is 0 Å². The maximum Gasteiger partial charge on any atom is 0.332 e. The standard InChI is InChI=1S/C16H23BrN2O4/c1-15(2,3)23-13(20)9-22-16(10-18-7-8-21-11-16)12-5-4-6-19-14(12)17/h4-6,18H,7-11H2,1-3H3. The first-order valence-corrected chi connectivity index (χ1v) is 8.37. The molecule has 1 fully saturated rings. The van der Waals surface area contributed by atoms with Crippen molar-refractivity contribution in [1.29, 1.82) is 0 Å². The summed E-state index contributed by atoms with van der Waals surface area (Å²) in [6.45, 7) is 7.53. The van der Waals surface area contributed by atoms with Gasteiger partial charge in [-0.1, -0.05) is 6.07 Å². The van der Waals surface area contributed by atoms with Crippen molar-refractivity contribution >= 4 is 21.9 Å². The molecule has 1 aromatic rings. The minimum absolute atomic E-state index is 0.149. The largest absolute Gasteiger partial charge is 0.458 e. The molecule has 128 valence electrons. The van der Waals surface area contributed by atoms with Gasteiger partial charge in [0.25, 0.3) is 0 Å². The molecule has 0 aliphatic carbocycles. The second-order valence-electron chi connectivity index (χ2n) is 6.44. The fourth-order valence-corrected chi connectivity index (χ4v) is 2.97. The monoisotopic (exact) mass is 386 g/mol. The highest BCUT2D eigenvalue weighted by atomic mass is 79.9. The Morgan fingerprint density at radius 2 is 2.30 bits per heavy atom. The zero-order valence-corrected chi connectivity index (χ0v) is 15.3. The lowest BCUT2D eigenvalue weighted by atomic mass is 9.96. The van der Waals surface area contributed by atoms with Crippen LogP contribution in [-0.4, -0.2) is 49.5 Å². The Morgan fingerprint density at radius 1 is 1.52 bits per heavy atom. The van der Waals surface area contributed by atoms with E-state index in [0.717, 1.165) is 12.1 Å². The van der Waals surface area contributed by atoms with E-state index in [1.807, 2.05) is 32.9 Å². The fraction of sp³-hybridized carbons (Fsp3) is 0.625. The van der Waals surface area contributed by atoms with Crippen molar-refractivity contribution in [3.8, 4) is 0 Å². The number of rotatable bonds is 4. The average Bonchev–Trinajstić information content (AvgIpc) is 2.70. The summed E-state index contributed by atoms with van der Waals surface area (Å²) in [5.41, 5.74) is -0.487. The number of aromatic nitrogens is 1. The summed E-state index contributed by atoms with van der Waals surface area (Å²) in [5.74, 6) is -0.402. The first kappa shape index (κ1) is 18.3. The molecule has 2 heterocycles. The highest BCUT2D eigenvalue weighted by molar-refractivity contribution is 9.10. The van der Waals surface area contributed by atoms with Gasteiger partial charge < -0.3 is 19.5 Å². The van der Waals surface area contributed by atoms with Crippen LogP contribution in [0.1, 0.15) is 26.3 Å². The molecule has 2 rings (SSSR count). The quantitative estimate of drug-likeness (QED) is 0.630. The van der Waals surface area contributed by atoms with Crippen LogP contribution in [0.2, 0.25) is 0 Å². The lowest BCUT2D eigenvalue weighted by molar-refractivity contribution is -0.171. The van der Waals surface area contributed by atoms with Gasteiger partial charge in [0.15, 0.2) is 0 Å². The van der Waals surface area contributed by atoms with Crippen LogP contribution in [0.15, 0.2) is 22.9 Å². The van der Waals surface area contributed by atoms with E-state index in [0.29, 0.717) is 24.4 Å².